The molecule has 6 heteroatoms. The molecule has 0 atom stereocenters. The molecule has 0 amide bonds. The van der Waals surface area contributed by atoms with Crippen molar-refractivity contribution in [3.05, 3.63) is 46.7 Å². The summed E-state index contributed by atoms with van der Waals surface area (Å²) in [6, 6.07) is 12.5. The van der Waals surface area contributed by atoms with Crippen LogP contribution in [0.3, 0.4) is 0 Å². The number of aryl methyl sites for hydroxylation is 1. The molecule has 4 nitrogen and oxygen atoms in total. The Labute approximate surface area is 150 Å². The van der Waals surface area contributed by atoms with Crippen LogP contribution in [0.4, 0.5) is 5.69 Å². The predicted molar refractivity (Wildman–Crippen MR) is 102 cm³/mol. The Bertz CT molecular complexity index is 734. The summed E-state index contributed by atoms with van der Waals surface area (Å²) in [5.74, 6) is 1.53. The summed E-state index contributed by atoms with van der Waals surface area (Å²) in [5, 5.41) is 11.0. The summed E-state index contributed by atoms with van der Waals surface area (Å²) in [6.45, 7) is 6.33. The lowest BCUT2D eigenvalue weighted by atomic mass is 10.2. The molecule has 0 aliphatic rings. The van der Waals surface area contributed by atoms with E-state index >= 15 is 0 Å². The van der Waals surface area contributed by atoms with Gasteiger partial charge in [0.15, 0.2) is 0 Å². The number of anilines is 1. The molecule has 0 aliphatic heterocycles. The molecule has 0 fully saturated rings. The number of nitrogens with zero attached hydrogens (tertiary/aromatic N) is 3. The van der Waals surface area contributed by atoms with Crippen LogP contribution in [0.2, 0.25) is 0 Å². The highest BCUT2D eigenvalue weighted by Crippen LogP contribution is 2.26. The molecule has 0 aliphatic carbocycles. The molecule has 0 saturated carbocycles. The second kappa shape index (κ2) is 8.35. The highest BCUT2D eigenvalue weighted by Gasteiger charge is 2.10. The number of rotatable bonds is 8. The lowest BCUT2D eigenvalue weighted by molar-refractivity contribution is 0.466. The van der Waals surface area contributed by atoms with Crippen molar-refractivity contribution < 1.29 is 4.42 Å². The molecule has 1 aromatic carbocycles. The molecule has 24 heavy (non-hydrogen) atoms. The molecule has 2 heterocycles. The van der Waals surface area contributed by atoms with Gasteiger partial charge in [-0.25, -0.2) is 0 Å². The van der Waals surface area contributed by atoms with Gasteiger partial charge in [0.2, 0.25) is 5.89 Å². The Hall–Kier alpha value is -1.79. The number of hydrogen-bond acceptors (Lipinski definition) is 6. The van der Waals surface area contributed by atoms with Crippen LogP contribution in [0.25, 0.3) is 11.5 Å². The van der Waals surface area contributed by atoms with E-state index in [1.165, 1.54) is 10.6 Å². The van der Waals surface area contributed by atoms with Crippen LogP contribution in [-0.2, 0) is 6.42 Å². The third-order valence-corrected chi connectivity index (χ3v) is 5.56. The summed E-state index contributed by atoms with van der Waals surface area (Å²) in [4.78, 5) is 3.69. The average molecular weight is 360 g/mol. The summed E-state index contributed by atoms with van der Waals surface area (Å²) in [7, 11) is 0. The van der Waals surface area contributed by atoms with Gasteiger partial charge in [-0.1, -0.05) is 17.8 Å². The van der Waals surface area contributed by atoms with E-state index in [1.54, 1.807) is 23.1 Å². The standard InChI is InChI=1S/C18H21N3OS2/c1-3-21(4-2)15-9-7-14(8-10-15)17-19-20-18(22-17)24-13-11-16-6-5-12-23-16/h5-10,12H,3-4,11,13H2,1-2H3. The first-order chi connectivity index (χ1) is 11.8. The second-order valence-electron chi connectivity index (χ2n) is 5.27. The molecule has 2 aromatic heterocycles. The largest absolute Gasteiger partial charge is 0.411 e. The quantitative estimate of drug-likeness (QED) is 0.531. The summed E-state index contributed by atoms with van der Waals surface area (Å²) >= 11 is 3.39. The van der Waals surface area contributed by atoms with Crippen LogP contribution < -0.4 is 4.90 Å². The van der Waals surface area contributed by atoms with Crippen molar-refractivity contribution in [1.82, 2.24) is 10.2 Å². The third-order valence-electron chi connectivity index (χ3n) is 3.80. The first-order valence-corrected chi connectivity index (χ1v) is 10.0. The van der Waals surface area contributed by atoms with Crippen molar-refractivity contribution in [2.24, 2.45) is 0 Å². The Morgan fingerprint density at radius 3 is 2.54 bits per heavy atom. The van der Waals surface area contributed by atoms with E-state index in [1.807, 2.05) is 12.1 Å². The molecule has 0 radical (unpaired) electrons. The van der Waals surface area contributed by atoms with E-state index in [4.69, 9.17) is 4.42 Å². The Morgan fingerprint density at radius 2 is 1.88 bits per heavy atom. The van der Waals surface area contributed by atoms with Crippen molar-refractivity contribution in [2.45, 2.75) is 25.5 Å². The van der Waals surface area contributed by atoms with Crippen LogP contribution in [-0.4, -0.2) is 29.0 Å². The minimum absolute atomic E-state index is 0.583. The van der Waals surface area contributed by atoms with Gasteiger partial charge in [0.1, 0.15) is 0 Å². The normalized spacial score (nSPS) is 10.9. The monoisotopic (exact) mass is 359 g/mol. The van der Waals surface area contributed by atoms with Gasteiger partial charge in [0.25, 0.3) is 5.22 Å². The SMILES string of the molecule is CCN(CC)c1ccc(-c2nnc(SCCc3cccs3)o2)cc1. The fourth-order valence-corrected chi connectivity index (χ4v) is 4.05. The minimum Gasteiger partial charge on any atom is -0.411 e. The smallest absolute Gasteiger partial charge is 0.276 e. The minimum atomic E-state index is 0.583. The van der Waals surface area contributed by atoms with Gasteiger partial charge in [0.05, 0.1) is 0 Å². The third kappa shape index (κ3) is 4.19. The lowest BCUT2D eigenvalue weighted by Gasteiger charge is -2.20. The van der Waals surface area contributed by atoms with E-state index in [9.17, 15) is 0 Å². The fourth-order valence-electron chi connectivity index (χ4n) is 2.48. The average Bonchev–Trinajstić information content (AvgIpc) is 3.29. The van der Waals surface area contributed by atoms with Crippen molar-refractivity contribution in [2.75, 3.05) is 23.7 Å². The number of thiophene rings is 1. The first kappa shape index (κ1) is 17.0. The maximum absolute atomic E-state index is 5.77. The van der Waals surface area contributed by atoms with Gasteiger partial charge >= 0.3 is 0 Å². The molecule has 0 saturated heterocycles. The van der Waals surface area contributed by atoms with Gasteiger partial charge < -0.3 is 9.32 Å². The van der Waals surface area contributed by atoms with E-state index in [2.05, 4.69) is 58.6 Å². The maximum atomic E-state index is 5.77. The van der Waals surface area contributed by atoms with Gasteiger partial charge in [-0.15, -0.1) is 21.5 Å². The van der Waals surface area contributed by atoms with Gasteiger partial charge in [-0.05, 0) is 56.0 Å². The van der Waals surface area contributed by atoms with Gasteiger partial charge in [-0.3, -0.25) is 0 Å². The summed E-state index contributed by atoms with van der Waals surface area (Å²) in [6.07, 6.45) is 1.03. The Kier molecular flexibility index (Phi) is 5.93. The molecular weight excluding hydrogens is 338 g/mol. The molecule has 126 valence electrons. The zero-order valence-corrected chi connectivity index (χ0v) is 15.6. The summed E-state index contributed by atoms with van der Waals surface area (Å²) < 4.78 is 5.77. The Balaban J connectivity index is 1.60. The highest BCUT2D eigenvalue weighted by atomic mass is 32.2. The number of hydrogen-bond donors (Lipinski definition) is 0. The molecule has 0 unspecified atom stereocenters. The molecule has 0 bridgehead atoms. The topological polar surface area (TPSA) is 42.2 Å². The Morgan fingerprint density at radius 1 is 1.08 bits per heavy atom. The maximum Gasteiger partial charge on any atom is 0.276 e. The van der Waals surface area contributed by atoms with Crippen molar-refractivity contribution in [3.8, 4) is 11.5 Å². The molecular formula is C18H21N3OS2. The van der Waals surface area contributed by atoms with Crippen molar-refractivity contribution in [1.29, 1.82) is 0 Å². The fraction of sp³-hybridized carbons (Fsp3) is 0.333. The van der Waals surface area contributed by atoms with Crippen molar-refractivity contribution >= 4 is 28.8 Å². The van der Waals surface area contributed by atoms with Crippen LogP contribution in [0, 0.1) is 0 Å². The second-order valence-corrected chi connectivity index (χ2v) is 7.35. The van der Waals surface area contributed by atoms with Crippen LogP contribution in [0.1, 0.15) is 18.7 Å². The summed E-state index contributed by atoms with van der Waals surface area (Å²) in [5.41, 5.74) is 2.18. The number of benzene rings is 1. The molecule has 0 N–H and O–H groups in total. The van der Waals surface area contributed by atoms with Crippen molar-refractivity contribution in [3.63, 3.8) is 0 Å². The van der Waals surface area contributed by atoms with E-state index in [-0.39, 0.29) is 0 Å². The first-order valence-electron chi connectivity index (χ1n) is 8.14. The molecule has 3 aromatic rings. The van der Waals surface area contributed by atoms with Crippen LogP contribution in [0.5, 0.6) is 0 Å². The van der Waals surface area contributed by atoms with E-state index in [0.717, 1.165) is 30.8 Å². The number of aromatic nitrogens is 2. The zero-order valence-electron chi connectivity index (χ0n) is 13.9. The van der Waals surface area contributed by atoms with Crippen LogP contribution in [0.15, 0.2) is 51.4 Å². The predicted octanol–water partition coefficient (Wildman–Crippen LogP) is 4.98. The van der Waals surface area contributed by atoms with Gasteiger partial charge in [-0.2, -0.15) is 0 Å². The van der Waals surface area contributed by atoms with Crippen LogP contribution >= 0.6 is 23.1 Å². The van der Waals surface area contributed by atoms with E-state index < -0.39 is 0 Å². The number of thioether (sulfide) groups is 1. The van der Waals surface area contributed by atoms with E-state index in [0.29, 0.717) is 11.1 Å². The zero-order chi connectivity index (χ0) is 16.8. The highest BCUT2D eigenvalue weighted by molar-refractivity contribution is 7.99. The van der Waals surface area contributed by atoms with Gasteiger partial charge in [0, 0.05) is 35.0 Å². The molecule has 0 spiro atoms. The lowest BCUT2D eigenvalue weighted by Crippen LogP contribution is -2.21. The molecule has 3 rings (SSSR count).